The van der Waals surface area contributed by atoms with Crippen LogP contribution in [0, 0.1) is 5.82 Å². The Morgan fingerprint density at radius 3 is 2.80 bits per heavy atom. The Balaban J connectivity index is 1.42. The Morgan fingerprint density at radius 1 is 1.20 bits per heavy atom. The van der Waals surface area contributed by atoms with E-state index in [-0.39, 0.29) is 29.3 Å². The van der Waals surface area contributed by atoms with Gasteiger partial charge in [0.05, 0.1) is 17.8 Å². The molecule has 0 unspecified atom stereocenters. The number of nitrogens with one attached hydrogen (secondary N) is 2. The summed E-state index contributed by atoms with van der Waals surface area (Å²) in [5, 5.41) is 14.0. The molecule has 0 saturated heterocycles. The van der Waals surface area contributed by atoms with Gasteiger partial charge >= 0.3 is 0 Å². The van der Waals surface area contributed by atoms with Crippen molar-refractivity contribution in [1.82, 2.24) is 14.9 Å². The average molecular weight is 489 g/mol. The lowest BCUT2D eigenvalue weighted by molar-refractivity contribution is 0.0763. The van der Waals surface area contributed by atoms with Gasteiger partial charge in [-0.1, -0.05) is 42.1 Å². The molecular weight excluding hydrogens is 467 g/mol. The number of rotatable bonds is 6. The molecule has 2 amide bonds. The van der Waals surface area contributed by atoms with Gasteiger partial charge in [-0.15, -0.1) is 0 Å². The van der Waals surface area contributed by atoms with Crippen molar-refractivity contribution in [2.45, 2.75) is 18.2 Å². The van der Waals surface area contributed by atoms with Gasteiger partial charge in [0.25, 0.3) is 11.8 Å². The maximum atomic E-state index is 14.9. The summed E-state index contributed by atoms with van der Waals surface area (Å²) in [6.07, 6.45) is 3.68. The summed E-state index contributed by atoms with van der Waals surface area (Å²) in [6.45, 7) is 0.209. The molecule has 0 saturated carbocycles. The zero-order chi connectivity index (χ0) is 24.5. The zero-order valence-corrected chi connectivity index (χ0v) is 19.5. The molecule has 0 radical (unpaired) electrons. The van der Waals surface area contributed by atoms with Crippen molar-refractivity contribution in [3.05, 3.63) is 94.9 Å². The Hall–Kier alpha value is -4.11. The summed E-state index contributed by atoms with van der Waals surface area (Å²) in [5.41, 5.74) is 3.09. The first kappa shape index (κ1) is 22.7. The maximum Gasteiger partial charge on any atom is 0.259 e. The molecule has 9 heteroatoms. The largest absolute Gasteiger partial charge is 0.508 e. The second-order valence-electron chi connectivity index (χ2n) is 8.07. The molecule has 0 atom stereocenters. The van der Waals surface area contributed by atoms with Crippen molar-refractivity contribution in [2.75, 3.05) is 11.6 Å². The van der Waals surface area contributed by atoms with E-state index in [0.29, 0.717) is 23.5 Å². The molecule has 5 rings (SSSR count). The first-order chi connectivity index (χ1) is 16.9. The lowest BCUT2D eigenvalue weighted by Crippen LogP contribution is -2.26. The van der Waals surface area contributed by atoms with E-state index in [2.05, 4.69) is 15.3 Å². The molecule has 4 aromatic rings. The maximum absolute atomic E-state index is 14.9. The molecule has 3 N–H and O–H groups in total. The number of aromatic nitrogens is 2. The summed E-state index contributed by atoms with van der Waals surface area (Å²) in [6, 6.07) is 16.5. The minimum absolute atomic E-state index is 0.0525. The van der Waals surface area contributed by atoms with Crippen LogP contribution in [0.25, 0.3) is 11.3 Å². The van der Waals surface area contributed by atoms with E-state index in [1.807, 2.05) is 24.5 Å². The van der Waals surface area contributed by atoms with Crippen LogP contribution in [0.3, 0.4) is 0 Å². The number of nitrogens with zero attached hydrogens (tertiary/aromatic N) is 2. The number of halogens is 1. The van der Waals surface area contributed by atoms with Crippen LogP contribution in [0.1, 0.15) is 31.8 Å². The quantitative estimate of drug-likeness (QED) is 0.330. The fourth-order valence-electron chi connectivity index (χ4n) is 4.15. The third-order valence-electron chi connectivity index (χ3n) is 5.87. The molecular formula is C26H21FN4O3S. The van der Waals surface area contributed by atoms with Gasteiger partial charge in [0, 0.05) is 35.1 Å². The number of carbonyl (C=O) groups excluding carboxylic acids is 2. The summed E-state index contributed by atoms with van der Waals surface area (Å²) < 4.78 is 14.9. The van der Waals surface area contributed by atoms with Gasteiger partial charge < -0.3 is 20.3 Å². The highest BCUT2D eigenvalue weighted by Crippen LogP contribution is 2.31. The molecule has 0 spiro atoms. The number of amides is 2. The second-order valence-corrected chi connectivity index (χ2v) is 8.86. The van der Waals surface area contributed by atoms with Crippen LogP contribution in [0.15, 0.2) is 72.0 Å². The molecule has 0 fully saturated rings. The predicted octanol–water partition coefficient (Wildman–Crippen LogP) is 5.05. The minimum atomic E-state index is -0.785. The number of benzene rings is 3. The van der Waals surface area contributed by atoms with Gasteiger partial charge in [-0.25, -0.2) is 9.37 Å². The van der Waals surface area contributed by atoms with E-state index in [1.54, 1.807) is 36.5 Å². The van der Waals surface area contributed by atoms with E-state index in [0.717, 1.165) is 22.3 Å². The molecule has 1 aromatic heterocycles. The first-order valence-corrected chi connectivity index (χ1v) is 12.1. The summed E-state index contributed by atoms with van der Waals surface area (Å²) >= 11 is 1.48. The standard InChI is InChI=1S/C26H21FN4O3S/c1-35-26-28-12-21(30-26)15-6-4-7-17(11-15)29-24(33)23-19(22(32)10-9-20(23)27)14-31-13-16-5-2-3-8-18(16)25(31)34/h2-12,32H,13-14H2,1H3,(H,28,30)(H,29,33). The SMILES string of the molecule is CSc1nc(-c2cccc(NC(=O)c3c(F)ccc(O)c3CN3Cc4ccccc4C3=O)c2)c[nH]1. The van der Waals surface area contributed by atoms with Gasteiger partial charge in [0.15, 0.2) is 5.16 Å². The number of hydrogen-bond acceptors (Lipinski definition) is 5. The number of hydrogen-bond donors (Lipinski definition) is 3. The van der Waals surface area contributed by atoms with Crippen LogP contribution in [0.4, 0.5) is 10.1 Å². The fourth-order valence-corrected chi connectivity index (χ4v) is 4.52. The van der Waals surface area contributed by atoms with Gasteiger partial charge in [0.1, 0.15) is 11.6 Å². The minimum Gasteiger partial charge on any atom is -0.508 e. The van der Waals surface area contributed by atoms with Gasteiger partial charge in [-0.2, -0.15) is 0 Å². The number of H-pyrrole nitrogens is 1. The Bertz CT molecular complexity index is 1450. The van der Waals surface area contributed by atoms with E-state index in [4.69, 9.17) is 0 Å². The van der Waals surface area contributed by atoms with E-state index >= 15 is 0 Å². The summed E-state index contributed by atoms with van der Waals surface area (Å²) in [5.74, 6) is -1.99. The number of phenolic OH excluding ortho intramolecular Hbond substituents is 1. The van der Waals surface area contributed by atoms with Crippen LogP contribution < -0.4 is 5.32 Å². The highest BCUT2D eigenvalue weighted by molar-refractivity contribution is 7.98. The number of carbonyl (C=O) groups is 2. The summed E-state index contributed by atoms with van der Waals surface area (Å²) in [7, 11) is 0. The molecule has 1 aliphatic heterocycles. The van der Waals surface area contributed by atoms with Gasteiger partial charge in [-0.05, 0) is 42.2 Å². The van der Waals surface area contributed by atoms with E-state index in [9.17, 15) is 19.1 Å². The number of thioether (sulfide) groups is 1. The van der Waals surface area contributed by atoms with Crippen molar-refractivity contribution in [1.29, 1.82) is 0 Å². The molecule has 7 nitrogen and oxygen atoms in total. The number of anilines is 1. The number of imidazole rings is 1. The molecule has 1 aliphatic rings. The van der Waals surface area contributed by atoms with Gasteiger partial charge in [0.2, 0.25) is 0 Å². The van der Waals surface area contributed by atoms with Crippen molar-refractivity contribution in [3.63, 3.8) is 0 Å². The van der Waals surface area contributed by atoms with Gasteiger partial charge in [-0.3, -0.25) is 9.59 Å². The van der Waals surface area contributed by atoms with E-state index in [1.165, 1.54) is 22.7 Å². The predicted molar refractivity (Wildman–Crippen MR) is 132 cm³/mol. The zero-order valence-electron chi connectivity index (χ0n) is 18.7. The normalized spacial score (nSPS) is 12.6. The van der Waals surface area contributed by atoms with Crippen LogP contribution in [-0.2, 0) is 13.1 Å². The lowest BCUT2D eigenvalue weighted by Gasteiger charge is -2.19. The molecule has 0 bridgehead atoms. The fraction of sp³-hybridized carbons (Fsp3) is 0.115. The highest BCUT2D eigenvalue weighted by atomic mass is 32.2. The molecule has 35 heavy (non-hydrogen) atoms. The number of aromatic hydroxyl groups is 1. The first-order valence-electron chi connectivity index (χ1n) is 10.8. The van der Waals surface area contributed by atoms with Crippen LogP contribution in [0.5, 0.6) is 5.75 Å². The molecule has 0 aliphatic carbocycles. The van der Waals surface area contributed by atoms with Crippen molar-refractivity contribution < 1.29 is 19.1 Å². The summed E-state index contributed by atoms with van der Waals surface area (Å²) in [4.78, 5) is 35.0. The second kappa shape index (κ2) is 9.27. The van der Waals surface area contributed by atoms with Crippen LogP contribution in [-0.4, -0.2) is 38.0 Å². The molecule has 176 valence electrons. The smallest absolute Gasteiger partial charge is 0.259 e. The number of phenols is 1. The van der Waals surface area contributed by atoms with Crippen molar-refractivity contribution in [2.24, 2.45) is 0 Å². The lowest BCUT2D eigenvalue weighted by atomic mass is 10.0. The van der Waals surface area contributed by atoms with Crippen LogP contribution in [0.2, 0.25) is 0 Å². The van der Waals surface area contributed by atoms with Crippen LogP contribution >= 0.6 is 11.8 Å². The van der Waals surface area contributed by atoms with Crippen molar-refractivity contribution >= 4 is 29.3 Å². The average Bonchev–Trinajstić information content (AvgIpc) is 3.47. The Kier molecular flexibility index (Phi) is 6.00. The molecule has 2 heterocycles. The topological polar surface area (TPSA) is 98.3 Å². The molecule has 3 aromatic carbocycles. The third kappa shape index (κ3) is 4.38. The van der Waals surface area contributed by atoms with Crippen molar-refractivity contribution in [3.8, 4) is 17.0 Å². The Labute approximate surface area is 205 Å². The number of aromatic amines is 1. The third-order valence-corrected chi connectivity index (χ3v) is 6.47. The number of fused-ring (bicyclic) bond motifs is 1. The monoisotopic (exact) mass is 488 g/mol. The highest BCUT2D eigenvalue weighted by Gasteiger charge is 2.30. The van der Waals surface area contributed by atoms with E-state index < -0.39 is 11.7 Å². The Morgan fingerprint density at radius 2 is 2.03 bits per heavy atom.